The number of amides is 1. The molecular formula is C16H23NO3. The van der Waals surface area contributed by atoms with Crippen LogP contribution in [0.2, 0.25) is 0 Å². The lowest BCUT2D eigenvalue weighted by Gasteiger charge is -2.24. The minimum atomic E-state index is -0.882. The highest BCUT2D eigenvalue weighted by atomic mass is 16.4. The van der Waals surface area contributed by atoms with Gasteiger partial charge in [0.15, 0.2) is 0 Å². The number of aryl methyl sites for hydroxylation is 1. The van der Waals surface area contributed by atoms with E-state index in [-0.39, 0.29) is 18.9 Å². The van der Waals surface area contributed by atoms with Crippen LogP contribution in [0.5, 0.6) is 0 Å². The second-order valence-corrected chi connectivity index (χ2v) is 5.34. The Morgan fingerprint density at radius 2 is 1.80 bits per heavy atom. The van der Waals surface area contributed by atoms with Gasteiger partial charge in [-0.05, 0) is 30.0 Å². The minimum absolute atomic E-state index is 0.0223. The summed E-state index contributed by atoms with van der Waals surface area (Å²) in [6.45, 7) is 6.92. The maximum Gasteiger partial charge on any atom is 0.305 e. The molecular weight excluding hydrogens is 254 g/mol. The van der Waals surface area contributed by atoms with E-state index in [2.05, 4.69) is 6.92 Å². The molecule has 0 heterocycles. The molecule has 20 heavy (non-hydrogen) atoms. The van der Waals surface area contributed by atoms with Crippen molar-refractivity contribution < 1.29 is 14.7 Å². The van der Waals surface area contributed by atoms with Crippen LogP contribution in [0.25, 0.3) is 0 Å². The van der Waals surface area contributed by atoms with Crippen molar-refractivity contribution in [3.8, 4) is 0 Å². The molecule has 1 N–H and O–H groups in total. The summed E-state index contributed by atoms with van der Waals surface area (Å²) in [6, 6.07) is 7.51. The topological polar surface area (TPSA) is 57.6 Å². The van der Waals surface area contributed by atoms with Gasteiger partial charge in [0.1, 0.15) is 0 Å². The summed E-state index contributed by atoms with van der Waals surface area (Å²) in [5.74, 6) is -0.668. The van der Waals surface area contributed by atoms with E-state index >= 15 is 0 Å². The lowest BCUT2D eigenvalue weighted by molar-refractivity contribution is -0.137. The molecule has 0 radical (unpaired) electrons. The van der Waals surface area contributed by atoms with Gasteiger partial charge in [-0.2, -0.15) is 0 Å². The number of benzene rings is 1. The Morgan fingerprint density at radius 3 is 2.25 bits per heavy atom. The van der Waals surface area contributed by atoms with Gasteiger partial charge >= 0.3 is 5.97 Å². The van der Waals surface area contributed by atoms with Gasteiger partial charge in [0.25, 0.3) is 5.91 Å². The van der Waals surface area contributed by atoms with Gasteiger partial charge in [0, 0.05) is 18.7 Å². The fraction of sp³-hybridized carbons (Fsp3) is 0.500. The molecule has 1 aromatic carbocycles. The van der Waals surface area contributed by atoms with Crippen LogP contribution in [-0.2, 0) is 11.2 Å². The second-order valence-electron chi connectivity index (χ2n) is 5.34. The molecule has 110 valence electrons. The maximum absolute atomic E-state index is 12.4. The number of aliphatic carboxylic acids is 1. The number of carboxylic acids is 1. The Bertz CT molecular complexity index is 451. The van der Waals surface area contributed by atoms with Gasteiger partial charge in [-0.3, -0.25) is 9.59 Å². The van der Waals surface area contributed by atoms with E-state index < -0.39 is 5.97 Å². The molecule has 0 aromatic heterocycles. The molecule has 1 amide bonds. The number of carbonyl (C=O) groups is 2. The summed E-state index contributed by atoms with van der Waals surface area (Å²) in [4.78, 5) is 24.7. The van der Waals surface area contributed by atoms with Crippen molar-refractivity contribution in [1.29, 1.82) is 0 Å². The first-order valence-electron chi connectivity index (χ1n) is 7.04. The molecule has 4 heteroatoms. The fourth-order valence-corrected chi connectivity index (χ4v) is 2.01. The predicted molar refractivity (Wildman–Crippen MR) is 78.8 cm³/mol. The summed E-state index contributed by atoms with van der Waals surface area (Å²) in [5, 5.41) is 8.78. The number of carboxylic acid groups (broad SMARTS) is 1. The van der Waals surface area contributed by atoms with Crippen molar-refractivity contribution in [1.82, 2.24) is 4.90 Å². The summed E-state index contributed by atoms with van der Waals surface area (Å²) in [7, 11) is 0. The van der Waals surface area contributed by atoms with Gasteiger partial charge in [-0.15, -0.1) is 0 Å². The molecule has 1 rings (SSSR count). The quantitative estimate of drug-likeness (QED) is 0.833. The van der Waals surface area contributed by atoms with Crippen LogP contribution in [0.3, 0.4) is 0 Å². The van der Waals surface area contributed by atoms with Gasteiger partial charge in [0.2, 0.25) is 0 Å². The Balaban J connectivity index is 2.81. The number of rotatable bonds is 7. The van der Waals surface area contributed by atoms with Crippen molar-refractivity contribution >= 4 is 11.9 Å². The molecule has 1 aromatic rings. The Labute approximate surface area is 120 Å². The average Bonchev–Trinajstić information content (AvgIpc) is 2.42. The Hall–Kier alpha value is -1.84. The van der Waals surface area contributed by atoms with Gasteiger partial charge < -0.3 is 10.0 Å². The van der Waals surface area contributed by atoms with Crippen molar-refractivity contribution in [2.75, 3.05) is 13.1 Å². The Kier molecular flexibility index (Phi) is 6.22. The van der Waals surface area contributed by atoms with Crippen LogP contribution >= 0.6 is 0 Å². The molecule has 0 aliphatic heterocycles. The fourth-order valence-electron chi connectivity index (χ4n) is 2.01. The Morgan fingerprint density at radius 1 is 1.20 bits per heavy atom. The number of nitrogens with zero attached hydrogens (tertiary/aromatic N) is 1. The van der Waals surface area contributed by atoms with Crippen LogP contribution < -0.4 is 0 Å². The zero-order chi connectivity index (χ0) is 15.1. The van der Waals surface area contributed by atoms with E-state index in [1.807, 2.05) is 38.1 Å². The number of hydrogen-bond acceptors (Lipinski definition) is 2. The van der Waals surface area contributed by atoms with E-state index in [9.17, 15) is 9.59 Å². The first-order valence-corrected chi connectivity index (χ1v) is 7.04. The lowest BCUT2D eigenvalue weighted by Crippen LogP contribution is -2.36. The molecule has 0 spiro atoms. The van der Waals surface area contributed by atoms with Crippen molar-refractivity contribution in [2.45, 2.75) is 33.6 Å². The highest BCUT2D eigenvalue weighted by Crippen LogP contribution is 2.10. The van der Waals surface area contributed by atoms with E-state index in [1.165, 1.54) is 5.56 Å². The third kappa shape index (κ3) is 5.03. The normalized spacial score (nSPS) is 10.6. The molecule has 0 fully saturated rings. The standard InChI is InChI=1S/C16H23NO3/c1-4-13-5-7-14(8-6-13)16(20)17(11-12(2)3)10-9-15(18)19/h5-8,12H,4,9-11H2,1-3H3,(H,18,19). The summed E-state index contributed by atoms with van der Waals surface area (Å²) < 4.78 is 0. The average molecular weight is 277 g/mol. The van der Waals surface area contributed by atoms with Crippen LogP contribution in [-0.4, -0.2) is 35.0 Å². The summed E-state index contributed by atoms with van der Waals surface area (Å²) >= 11 is 0. The van der Waals surface area contributed by atoms with Crippen LogP contribution in [0, 0.1) is 5.92 Å². The van der Waals surface area contributed by atoms with Crippen LogP contribution in [0.1, 0.15) is 43.1 Å². The molecule has 0 atom stereocenters. The minimum Gasteiger partial charge on any atom is -0.481 e. The van der Waals surface area contributed by atoms with Crippen molar-refractivity contribution in [2.24, 2.45) is 5.92 Å². The van der Waals surface area contributed by atoms with Crippen LogP contribution in [0.15, 0.2) is 24.3 Å². The molecule has 0 saturated carbocycles. The van der Waals surface area contributed by atoms with E-state index in [1.54, 1.807) is 4.90 Å². The molecule has 0 bridgehead atoms. The summed E-state index contributed by atoms with van der Waals surface area (Å²) in [6.07, 6.45) is 0.911. The molecule has 0 unspecified atom stereocenters. The first kappa shape index (κ1) is 16.2. The zero-order valence-corrected chi connectivity index (χ0v) is 12.4. The smallest absolute Gasteiger partial charge is 0.305 e. The van der Waals surface area contributed by atoms with E-state index in [0.717, 1.165) is 6.42 Å². The van der Waals surface area contributed by atoms with Crippen molar-refractivity contribution in [3.63, 3.8) is 0 Å². The van der Waals surface area contributed by atoms with Gasteiger partial charge in [-0.1, -0.05) is 32.9 Å². The zero-order valence-electron chi connectivity index (χ0n) is 12.4. The second kappa shape index (κ2) is 7.68. The monoisotopic (exact) mass is 277 g/mol. The first-order chi connectivity index (χ1) is 9.43. The highest BCUT2D eigenvalue weighted by molar-refractivity contribution is 5.94. The molecule has 0 aliphatic carbocycles. The SMILES string of the molecule is CCc1ccc(C(=O)N(CCC(=O)O)CC(C)C)cc1. The van der Waals surface area contributed by atoms with E-state index in [4.69, 9.17) is 5.11 Å². The third-order valence-electron chi connectivity index (χ3n) is 3.08. The highest BCUT2D eigenvalue weighted by Gasteiger charge is 2.17. The van der Waals surface area contributed by atoms with Gasteiger partial charge in [-0.25, -0.2) is 0 Å². The van der Waals surface area contributed by atoms with Crippen LogP contribution in [0.4, 0.5) is 0 Å². The van der Waals surface area contributed by atoms with E-state index in [0.29, 0.717) is 18.0 Å². The van der Waals surface area contributed by atoms with Gasteiger partial charge in [0.05, 0.1) is 6.42 Å². The lowest BCUT2D eigenvalue weighted by atomic mass is 10.1. The summed E-state index contributed by atoms with van der Waals surface area (Å²) in [5.41, 5.74) is 1.80. The number of hydrogen-bond donors (Lipinski definition) is 1. The largest absolute Gasteiger partial charge is 0.481 e. The molecule has 0 saturated heterocycles. The van der Waals surface area contributed by atoms with Crippen molar-refractivity contribution in [3.05, 3.63) is 35.4 Å². The third-order valence-corrected chi connectivity index (χ3v) is 3.08. The molecule has 4 nitrogen and oxygen atoms in total. The maximum atomic E-state index is 12.4. The number of carbonyl (C=O) groups excluding carboxylic acids is 1. The molecule has 0 aliphatic rings. The predicted octanol–water partition coefficient (Wildman–Crippen LogP) is 2.82.